The summed E-state index contributed by atoms with van der Waals surface area (Å²) in [4.78, 5) is 31.0. The molecule has 5 heteroatoms. The number of hydrogen-bond acceptors (Lipinski definition) is 4. The Balaban J connectivity index is 0.000000347. The lowest BCUT2D eigenvalue weighted by Crippen LogP contribution is -2.00. The summed E-state index contributed by atoms with van der Waals surface area (Å²) in [5, 5.41) is 7.60. The number of carbonyl (C=O) groups excluding carboxylic acids is 2. The first-order valence-corrected chi connectivity index (χ1v) is 5.59. The van der Waals surface area contributed by atoms with Gasteiger partial charge in [-0.2, -0.15) is 0 Å². The number of rotatable bonds is 3. The van der Waals surface area contributed by atoms with Crippen molar-refractivity contribution in [1.29, 1.82) is 0 Å². The van der Waals surface area contributed by atoms with Crippen LogP contribution in [0.2, 0.25) is 0 Å². The molecule has 1 aliphatic rings. The third-order valence-corrected chi connectivity index (χ3v) is 2.13. The molecule has 2 rings (SSSR count). The van der Waals surface area contributed by atoms with Crippen LogP contribution in [-0.2, 0) is 19.1 Å². The molecule has 1 aromatic carbocycles. The lowest BCUT2D eigenvalue weighted by molar-refractivity contribution is -0.150. The number of carbonyl (C=O) groups is 3. The quantitative estimate of drug-likeness (QED) is 0.517. The van der Waals surface area contributed by atoms with Crippen LogP contribution in [0.4, 0.5) is 0 Å². The molecule has 0 bridgehead atoms. The number of esters is 2. The molecule has 0 saturated carbocycles. The van der Waals surface area contributed by atoms with Crippen LogP contribution in [0.15, 0.2) is 60.7 Å². The van der Waals surface area contributed by atoms with Crippen LogP contribution in [0.5, 0.6) is 0 Å². The number of carboxylic acid groups (broad SMARTS) is 1. The van der Waals surface area contributed by atoms with E-state index in [1.54, 1.807) is 12.2 Å². The van der Waals surface area contributed by atoms with Crippen LogP contribution >= 0.6 is 0 Å². The Kier molecular flexibility index (Phi) is 5.65. The van der Waals surface area contributed by atoms with Gasteiger partial charge in [-0.3, -0.25) is 0 Å². The van der Waals surface area contributed by atoms with Crippen molar-refractivity contribution < 1.29 is 24.2 Å². The van der Waals surface area contributed by atoms with Gasteiger partial charge in [-0.1, -0.05) is 43.0 Å². The van der Waals surface area contributed by atoms with Crippen molar-refractivity contribution in [1.82, 2.24) is 0 Å². The maximum absolute atomic E-state index is 11.0. The van der Waals surface area contributed by atoms with E-state index in [1.165, 1.54) is 6.08 Å². The van der Waals surface area contributed by atoms with Gasteiger partial charge >= 0.3 is 17.9 Å². The van der Waals surface area contributed by atoms with Gasteiger partial charge in [0.2, 0.25) is 0 Å². The van der Waals surface area contributed by atoms with E-state index < -0.39 is 17.9 Å². The van der Waals surface area contributed by atoms with E-state index in [-0.39, 0.29) is 5.57 Å². The Hall–Kier alpha value is -2.95. The zero-order valence-corrected chi connectivity index (χ0v) is 10.5. The molecule has 0 fully saturated rings. The molecule has 20 heavy (non-hydrogen) atoms. The van der Waals surface area contributed by atoms with E-state index in [0.29, 0.717) is 0 Å². The van der Waals surface area contributed by atoms with Gasteiger partial charge in [-0.15, -0.1) is 0 Å². The summed E-state index contributed by atoms with van der Waals surface area (Å²) >= 11 is 0. The highest BCUT2D eigenvalue weighted by Gasteiger charge is 2.20. The summed E-state index contributed by atoms with van der Waals surface area (Å²) in [7, 11) is 0. The fraction of sp³-hybridized carbons (Fsp3) is 0. The standard InChI is InChI=1S/C12H8O3.C3H4O2/c13-11-8-10(12(14)15-11)7-6-9-4-2-1-3-5-9;1-2-3(4)5/h1-8H;2H,1H2,(H,4,5). The molecule has 0 amide bonds. The minimum absolute atomic E-state index is 0.281. The highest BCUT2D eigenvalue weighted by molar-refractivity contribution is 6.10. The van der Waals surface area contributed by atoms with Gasteiger partial charge in [0.05, 0.1) is 5.57 Å². The van der Waals surface area contributed by atoms with Crippen molar-refractivity contribution in [3.8, 4) is 0 Å². The van der Waals surface area contributed by atoms with E-state index >= 15 is 0 Å². The maximum Gasteiger partial charge on any atom is 0.346 e. The van der Waals surface area contributed by atoms with Gasteiger partial charge in [0.15, 0.2) is 0 Å². The molecule has 0 radical (unpaired) electrons. The zero-order chi connectivity index (χ0) is 15.0. The molecule has 0 spiro atoms. The summed E-state index contributed by atoms with van der Waals surface area (Å²) in [6.07, 6.45) is 5.34. The highest BCUT2D eigenvalue weighted by atomic mass is 16.6. The number of carboxylic acids is 1. The normalized spacial score (nSPS) is 13.3. The molecule has 5 nitrogen and oxygen atoms in total. The van der Waals surface area contributed by atoms with Crippen molar-refractivity contribution in [2.24, 2.45) is 0 Å². The van der Waals surface area contributed by atoms with Crippen LogP contribution in [-0.4, -0.2) is 23.0 Å². The second-order valence-electron chi connectivity index (χ2n) is 3.59. The fourth-order valence-electron chi connectivity index (χ4n) is 1.23. The average Bonchev–Trinajstić information content (AvgIpc) is 2.76. The van der Waals surface area contributed by atoms with Gasteiger partial charge in [-0.05, 0) is 11.6 Å². The predicted octanol–water partition coefficient (Wildman–Crippen LogP) is 1.97. The SMILES string of the molecule is C=CC(=O)O.O=C1C=C(C=Cc2ccccc2)C(=O)O1. The van der Waals surface area contributed by atoms with Crippen LogP contribution in [0.3, 0.4) is 0 Å². The topological polar surface area (TPSA) is 80.7 Å². The van der Waals surface area contributed by atoms with Crippen molar-refractivity contribution in [2.75, 3.05) is 0 Å². The van der Waals surface area contributed by atoms with Gasteiger partial charge in [0, 0.05) is 12.2 Å². The fourth-order valence-corrected chi connectivity index (χ4v) is 1.23. The van der Waals surface area contributed by atoms with Crippen LogP contribution in [0, 0.1) is 0 Å². The molecular formula is C15H12O5. The van der Waals surface area contributed by atoms with E-state index in [2.05, 4.69) is 11.3 Å². The monoisotopic (exact) mass is 272 g/mol. The molecule has 1 N–H and O–H groups in total. The van der Waals surface area contributed by atoms with E-state index in [1.807, 2.05) is 30.3 Å². The molecule has 1 heterocycles. The molecular weight excluding hydrogens is 260 g/mol. The largest absolute Gasteiger partial charge is 0.478 e. The summed E-state index contributed by atoms with van der Waals surface area (Å²) in [6, 6.07) is 9.50. The molecule has 0 unspecified atom stereocenters. The third-order valence-electron chi connectivity index (χ3n) is 2.13. The number of benzene rings is 1. The maximum atomic E-state index is 11.0. The second kappa shape index (κ2) is 7.48. The van der Waals surface area contributed by atoms with E-state index in [4.69, 9.17) is 5.11 Å². The first-order valence-electron chi connectivity index (χ1n) is 5.59. The first kappa shape index (κ1) is 15.1. The Morgan fingerprint density at radius 2 is 1.75 bits per heavy atom. The Morgan fingerprint density at radius 1 is 1.15 bits per heavy atom. The predicted molar refractivity (Wildman–Crippen MR) is 72.5 cm³/mol. The number of aliphatic carboxylic acids is 1. The van der Waals surface area contributed by atoms with Gasteiger partial charge in [0.1, 0.15) is 0 Å². The van der Waals surface area contributed by atoms with Crippen LogP contribution in [0.25, 0.3) is 6.08 Å². The summed E-state index contributed by atoms with van der Waals surface area (Å²) in [5.74, 6) is -2.18. The molecule has 0 atom stereocenters. The lowest BCUT2D eigenvalue weighted by atomic mass is 10.1. The first-order chi connectivity index (χ1) is 9.52. The summed E-state index contributed by atoms with van der Waals surface area (Å²) in [6.45, 7) is 2.96. The summed E-state index contributed by atoms with van der Waals surface area (Å²) in [5.41, 5.74) is 1.24. The van der Waals surface area contributed by atoms with E-state index in [0.717, 1.165) is 11.6 Å². The smallest absolute Gasteiger partial charge is 0.346 e. The summed E-state index contributed by atoms with van der Waals surface area (Å²) < 4.78 is 4.34. The van der Waals surface area contributed by atoms with Crippen molar-refractivity contribution in [2.45, 2.75) is 0 Å². The van der Waals surface area contributed by atoms with Crippen LogP contribution < -0.4 is 0 Å². The van der Waals surface area contributed by atoms with Gasteiger partial charge < -0.3 is 9.84 Å². The Labute approximate surface area is 115 Å². The lowest BCUT2D eigenvalue weighted by Gasteiger charge is -1.91. The molecule has 0 saturated heterocycles. The average molecular weight is 272 g/mol. The zero-order valence-electron chi connectivity index (χ0n) is 10.5. The van der Waals surface area contributed by atoms with E-state index in [9.17, 15) is 14.4 Å². The molecule has 1 aromatic rings. The number of ether oxygens (including phenoxy) is 1. The van der Waals surface area contributed by atoms with Crippen molar-refractivity contribution >= 4 is 24.0 Å². The molecule has 1 aliphatic heterocycles. The minimum Gasteiger partial charge on any atom is -0.478 e. The molecule has 102 valence electrons. The van der Waals surface area contributed by atoms with Gasteiger partial charge in [0.25, 0.3) is 0 Å². The Morgan fingerprint density at radius 3 is 2.20 bits per heavy atom. The van der Waals surface area contributed by atoms with Crippen LogP contribution in [0.1, 0.15) is 5.56 Å². The van der Waals surface area contributed by atoms with Gasteiger partial charge in [-0.25, -0.2) is 14.4 Å². The molecule has 0 aromatic heterocycles. The molecule has 0 aliphatic carbocycles. The number of cyclic esters (lactones) is 2. The third kappa shape index (κ3) is 5.14. The Bertz CT molecular complexity index is 582. The highest BCUT2D eigenvalue weighted by Crippen LogP contribution is 2.11. The minimum atomic E-state index is -0.981. The number of hydrogen-bond donors (Lipinski definition) is 1. The second-order valence-corrected chi connectivity index (χ2v) is 3.59. The van der Waals surface area contributed by atoms with Crippen molar-refractivity contribution in [3.05, 3.63) is 66.3 Å². The van der Waals surface area contributed by atoms with Crippen molar-refractivity contribution in [3.63, 3.8) is 0 Å².